The molecular weight excluding hydrogens is 267 g/mol. The number of sulfone groups is 1. The van der Waals surface area contributed by atoms with Gasteiger partial charge in [0.15, 0.2) is 9.84 Å². The molecule has 0 spiro atoms. The molecule has 1 aromatic carbocycles. The van der Waals surface area contributed by atoms with Crippen LogP contribution in [0.4, 0.5) is 10.1 Å². The van der Waals surface area contributed by atoms with Crippen LogP contribution in [0.1, 0.15) is 12.5 Å². The third kappa shape index (κ3) is 3.45. The summed E-state index contributed by atoms with van der Waals surface area (Å²) in [5.41, 5.74) is 1.42. The highest BCUT2D eigenvalue weighted by Crippen LogP contribution is 2.26. The Morgan fingerprint density at radius 1 is 1.32 bits per heavy atom. The Kier molecular flexibility index (Phi) is 4.42. The maximum atomic E-state index is 14.0. The number of benzene rings is 1. The zero-order valence-corrected chi connectivity index (χ0v) is 11.8. The summed E-state index contributed by atoms with van der Waals surface area (Å²) in [5.74, 6) is -0.0843. The van der Waals surface area contributed by atoms with E-state index < -0.39 is 9.84 Å². The summed E-state index contributed by atoms with van der Waals surface area (Å²) < 4.78 is 36.9. The molecule has 1 fully saturated rings. The van der Waals surface area contributed by atoms with Gasteiger partial charge in [-0.2, -0.15) is 0 Å². The lowest BCUT2D eigenvalue weighted by atomic mass is 10.1. The van der Waals surface area contributed by atoms with Gasteiger partial charge in [0.1, 0.15) is 5.82 Å². The molecule has 0 aromatic heterocycles. The number of hydrogen-bond acceptors (Lipinski definition) is 4. The van der Waals surface area contributed by atoms with Gasteiger partial charge in [0.2, 0.25) is 0 Å². The van der Waals surface area contributed by atoms with E-state index in [1.807, 2.05) is 17.9 Å². The van der Waals surface area contributed by atoms with E-state index in [4.69, 9.17) is 0 Å². The zero-order valence-electron chi connectivity index (χ0n) is 11.0. The van der Waals surface area contributed by atoms with E-state index in [-0.39, 0.29) is 17.3 Å². The molecule has 0 amide bonds. The molecule has 1 heterocycles. The number of hydrogen-bond donors (Lipinski definition) is 1. The van der Waals surface area contributed by atoms with Crippen LogP contribution in [0.3, 0.4) is 0 Å². The van der Waals surface area contributed by atoms with E-state index in [2.05, 4.69) is 5.32 Å². The fourth-order valence-electron chi connectivity index (χ4n) is 2.25. The van der Waals surface area contributed by atoms with Crippen LogP contribution in [0.25, 0.3) is 0 Å². The second-order valence-electron chi connectivity index (χ2n) is 4.67. The summed E-state index contributed by atoms with van der Waals surface area (Å²) in [4.78, 5) is 1.84. The smallest absolute Gasteiger partial charge is 0.153 e. The number of nitrogens with one attached hydrogen (secondary N) is 1. The highest BCUT2D eigenvalue weighted by Gasteiger charge is 2.24. The highest BCUT2D eigenvalue weighted by molar-refractivity contribution is 7.91. The fraction of sp³-hybridized carbons (Fsp3) is 0.538. The third-order valence-electron chi connectivity index (χ3n) is 3.30. The molecular formula is C13H19FN2O2S. The molecule has 4 nitrogen and oxygen atoms in total. The first-order valence-corrected chi connectivity index (χ1v) is 8.29. The molecule has 1 aliphatic rings. The van der Waals surface area contributed by atoms with Crippen molar-refractivity contribution in [2.24, 2.45) is 0 Å². The van der Waals surface area contributed by atoms with E-state index >= 15 is 0 Å². The Morgan fingerprint density at radius 3 is 2.63 bits per heavy atom. The molecule has 0 unspecified atom stereocenters. The average molecular weight is 286 g/mol. The third-order valence-corrected chi connectivity index (χ3v) is 4.91. The molecule has 1 N–H and O–H groups in total. The lowest BCUT2D eigenvalue weighted by molar-refractivity contribution is 0.580. The molecule has 2 rings (SSSR count). The van der Waals surface area contributed by atoms with Crippen molar-refractivity contribution in [1.29, 1.82) is 0 Å². The summed E-state index contributed by atoms with van der Waals surface area (Å²) in [6, 6.07) is 4.99. The van der Waals surface area contributed by atoms with Crippen LogP contribution >= 0.6 is 0 Å². The van der Waals surface area contributed by atoms with Crippen LogP contribution in [0.5, 0.6) is 0 Å². The predicted octanol–water partition coefficient (Wildman–Crippen LogP) is 1.17. The Bertz CT molecular complexity index is 532. The molecule has 0 bridgehead atoms. The van der Waals surface area contributed by atoms with Gasteiger partial charge in [-0.25, -0.2) is 12.8 Å². The maximum absolute atomic E-state index is 14.0. The van der Waals surface area contributed by atoms with E-state index in [1.54, 1.807) is 6.07 Å². The molecule has 6 heteroatoms. The Balaban J connectivity index is 2.23. The topological polar surface area (TPSA) is 49.4 Å². The van der Waals surface area contributed by atoms with Gasteiger partial charge >= 0.3 is 0 Å². The van der Waals surface area contributed by atoms with E-state index in [0.717, 1.165) is 12.1 Å². The molecule has 1 aromatic rings. The first kappa shape index (κ1) is 14.3. The number of anilines is 1. The van der Waals surface area contributed by atoms with Crippen molar-refractivity contribution in [2.45, 2.75) is 13.5 Å². The number of nitrogens with zero attached hydrogens (tertiary/aromatic N) is 1. The molecule has 0 aliphatic carbocycles. The van der Waals surface area contributed by atoms with Crippen molar-refractivity contribution in [3.05, 3.63) is 29.6 Å². The van der Waals surface area contributed by atoms with Gasteiger partial charge in [-0.3, -0.25) is 0 Å². The first-order chi connectivity index (χ1) is 9.03. The second kappa shape index (κ2) is 5.88. The Morgan fingerprint density at radius 2 is 2.00 bits per heavy atom. The summed E-state index contributed by atoms with van der Waals surface area (Å²) in [6.45, 7) is 4.12. The van der Waals surface area contributed by atoms with Crippen molar-refractivity contribution in [1.82, 2.24) is 5.32 Å². The minimum Gasteiger partial charge on any atom is -0.367 e. The summed E-state index contributed by atoms with van der Waals surface area (Å²) >= 11 is 0. The van der Waals surface area contributed by atoms with Crippen molar-refractivity contribution in [3.8, 4) is 0 Å². The predicted molar refractivity (Wildman–Crippen MR) is 74.6 cm³/mol. The summed E-state index contributed by atoms with van der Waals surface area (Å²) in [5, 5.41) is 3.18. The van der Waals surface area contributed by atoms with Gasteiger partial charge in [0.05, 0.1) is 17.2 Å². The highest BCUT2D eigenvalue weighted by atomic mass is 32.2. The van der Waals surface area contributed by atoms with Crippen molar-refractivity contribution in [3.63, 3.8) is 0 Å². The van der Waals surface area contributed by atoms with Gasteiger partial charge in [-0.1, -0.05) is 19.1 Å². The first-order valence-electron chi connectivity index (χ1n) is 6.47. The molecule has 0 atom stereocenters. The van der Waals surface area contributed by atoms with Gasteiger partial charge in [0.25, 0.3) is 0 Å². The Hall–Kier alpha value is -1.14. The van der Waals surface area contributed by atoms with E-state index in [9.17, 15) is 12.8 Å². The second-order valence-corrected chi connectivity index (χ2v) is 6.97. The lowest BCUT2D eigenvalue weighted by Gasteiger charge is -2.30. The largest absolute Gasteiger partial charge is 0.367 e. The van der Waals surface area contributed by atoms with E-state index in [0.29, 0.717) is 25.3 Å². The van der Waals surface area contributed by atoms with Crippen LogP contribution in [-0.4, -0.2) is 39.6 Å². The van der Waals surface area contributed by atoms with Crippen LogP contribution in [0, 0.1) is 5.82 Å². The van der Waals surface area contributed by atoms with Gasteiger partial charge in [-0.15, -0.1) is 0 Å². The Labute approximate surface area is 113 Å². The van der Waals surface area contributed by atoms with Crippen LogP contribution in [0.2, 0.25) is 0 Å². The molecule has 0 radical (unpaired) electrons. The van der Waals surface area contributed by atoms with Crippen LogP contribution in [-0.2, 0) is 16.4 Å². The summed E-state index contributed by atoms with van der Waals surface area (Å²) in [6.07, 6.45) is 0. The average Bonchev–Trinajstić information content (AvgIpc) is 2.37. The molecule has 1 aliphatic heterocycles. The van der Waals surface area contributed by atoms with Crippen LogP contribution in [0.15, 0.2) is 18.2 Å². The normalized spacial score (nSPS) is 18.5. The fourth-order valence-corrected chi connectivity index (χ4v) is 3.45. The maximum Gasteiger partial charge on any atom is 0.153 e. The minimum atomic E-state index is -2.95. The monoisotopic (exact) mass is 286 g/mol. The quantitative estimate of drug-likeness (QED) is 0.903. The molecule has 106 valence electrons. The van der Waals surface area contributed by atoms with E-state index in [1.165, 1.54) is 6.07 Å². The minimum absolute atomic E-state index is 0.0992. The molecule has 19 heavy (non-hydrogen) atoms. The standard InChI is InChI=1S/C13H19FN2O2S/c1-2-15-10-11-4-3-5-12(14)13(11)16-6-8-19(17,18)9-7-16/h3-5,15H,2,6-10H2,1H3. The van der Waals surface area contributed by atoms with Gasteiger partial charge in [-0.05, 0) is 18.2 Å². The molecule has 0 saturated carbocycles. The van der Waals surface area contributed by atoms with Crippen molar-refractivity contribution in [2.75, 3.05) is 36.0 Å². The number of rotatable bonds is 4. The zero-order chi connectivity index (χ0) is 13.9. The van der Waals surface area contributed by atoms with Crippen molar-refractivity contribution < 1.29 is 12.8 Å². The summed E-state index contributed by atoms with van der Waals surface area (Å²) in [7, 11) is -2.95. The molecule has 1 saturated heterocycles. The van der Waals surface area contributed by atoms with Crippen LogP contribution < -0.4 is 10.2 Å². The number of para-hydroxylation sites is 1. The van der Waals surface area contributed by atoms with Crippen molar-refractivity contribution >= 4 is 15.5 Å². The lowest BCUT2D eigenvalue weighted by Crippen LogP contribution is -2.41. The van der Waals surface area contributed by atoms with Gasteiger partial charge in [0, 0.05) is 19.6 Å². The number of halogens is 1. The van der Waals surface area contributed by atoms with Gasteiger partial charge < -0.3 is 10.2 Å². The SMILES string of the molecule is CCNCc1cccc(F)c1N1CCS(=O)(=O)CC1.